The third-order valence-electron chi connectivity index (χ3n) is 3.50. The van der Waals surface area contributed by atoms with Crippen LogP contribution in [0.3, 0.4) is 0 Å². The van der Waals surface area contributed by atoms with Gasteiger partial charge in [0, 0.05) is 17.0 Å². The van der Waals surface area contributed by atoms with Crippen LogP contribution in [0.1, 0.15) is 12.0 Å². The molecule has 1 aromatic carbocycles. The molecular formula is C13H18BrNO3S. The van der Waals surface area contributed by atoms with Crippen molar-refractivity contribution in [1.82, 2.24) is 4.72 Å². The molecule has 1 aliphatic heterocycles. The Balaban J connectivity index is 2.14. The van der Waals surface area contributed by atoms with Gasteiger partial charge >= 0.3 is 0 Å². The molecule has 106 valence electrons. The maximum absolute atomic E-state index is 12.0. The first-order valence-corrected chi connectivity index (χ1v) is 8.61. The van der Waals surface area contributed by atoms with E-state index in [1.54, 1.807) is 0 Å². The van der Waals surface area contributed by atoms with Crippen molar-refractivity contribution >= 4 is 26.0 Å². The van der Waals surface area contributed by atoms with Crippen LogP contribution in [0.15, 0.2) is 28.7 Å². The smallest absolute Gasteiger partial charge is 0.214 e. The summed E-state index contributed by atoms with van der Waals surface area (Å²) in [5, 5.41) is -0.366. The lowest BCUT2D eigenvalue weighted by molar-refractivity contribution is 0.0570. The summed E-state index contributed by atoms with van der Waals surface area (Å²) in [6, 6.07) is 7.98. The minimum Gasteiger partial charge on any atom is -0.381 e. The van der Waals surface area contributed by atoms with Gasteiger partial charge in [-0.25, -0.2) is 13.1 Å². The Kier molecular flexibility index (Phi) is 5.00. The highest BCUT2D eigenvalue weighted by molar-refractivity contribution is 9.10. The van der Waals surface area contributed by atoms with Crippen molar-refractivity contribution in [1.29, 1.82) is 0 Å². The van der Waals surface area contributed by atoms with E-state index in [1.807, 2.05) is 24.3 Å². The average molecular weight is 348 g/mol. The van der Waals surface area contributed by atoms with Gasteiger partial charge < -0.3 is 4.74 Å². The number of ether oxygens (including phenoxy) is 1. The van der Waals surface area contributed by atoms with Crippen LogP contribution in [-0.2, 0) is 21.2 Å². The monoisotopic (exact) mass is 347 g/mol. The summed E-state index contributed by atoms with van der Waals surface area (Å²) in [6.45, 7) is 1.02. The normalized spacial score (nSPS) is 24.3. The molecule has 0 amide bonds. The van der Waals surface area contributed by atoms with Crippen molar-refractivity contribution in [3.8, 4) is 0 Å². The summed E-state index contributed by atoms with van der Waals surface area (Å²) < 4.78 is 33.0. The van der Waals surface area contributed by atoms with Gasteiger partial charge in [0.05, 0.1) is 11.9 Å². The predicted molar refractivity (Wildman–Crippen MR) is 78.5 cm³/mol. The molecule has 0 saturated carbocycles. The molecule has 2 rings (SSSR count). The van der Waals surface area contributed by atoms with E-state index in [0.717, 1.165) is 16.5 Å². The fraction of sp³-hybridized carbons (Fsp3) is 0.538. The van der Waals surface area contributed by atoms with Crippen LogP contribution >= 0.6 is 15.9 Å². The van der Waals surface area contributed by atoms with E-state index < -0.39 is 10.0 Å². The van der Waals surface area contributed by atoms with E-state index in [4.69, 9.17) is 4.74 Å². The van der Waals surface area contributed by atoms with Gasteiger partial charge in [0.2, 0.25) is 10.0 Å². The van der Waals surface area contributed by atoms with Crippen LogP contribution < -0.4 is 4.72 Å². The van der Waals surface area contributed by atoms with Gasteiger partial charge in [-0.05, 0) is 37.6 Å². The van der Waals surface area contributed by atoms with Crippen LogP contribution in [0.4, 0.5) is 0 Å². The van der Waals surface area contributed by atoms with E-state index in [2.05, 4.69) is 20.7 Å². The third-order valence-corrected chi connectivity index (χ3v) is 6.01. The van der Waals surface area contributed by atoms with Crippen molar-refractivity contribution in [3.63, 3.8) is 0 Å². The largest absolute Gasteiger partial charge is 0.381 e. The number of hydrogen-bond acceptors (Lipinski definition) is 3. The summed E-state index contributed by atoms with van der Waals surface area (Å²) in [6.07, 6.45) is 1.28. The molecule has 2 atom stereocenters. The van der Waals surface area contributed by atoms with E-state index in [1.165, 1.54) is 7.05 Å². The molecule has 0 spiro atoms. The molecule has 19 heavy (non-hydrogen) atoms. The Hall–Kier alpha value is -0.430. The molecule has 1 fully saturated rings. The predicted octanol–water partition coefficient (Wildman–Crippen LogP) is 1.95. The summed E-state index contributed by atoms with van der Waals surface area (Å²) in [7, 11) is -1.76. The average Bonchev–Trinajstić information content (AvgIpc) is 2.42. The molecule has 0 bridgehead atoms. The first-order valence-electron chi connectivity index (χ1n) is 6.27. The summed E-state index contributed by atoms with van der Waals surface area (Å²) >= 11 is 3.39. The molecule has 1 saturated heterocycles. The molecule has 0 aromatic heterocycles. The van der Waals surface area contributed by atoms with Crippen LogP contribution in [0.25, 0.3) is 0 Å². The van der Waals surface area contributed by atoms with Gasteiger partial charge in [0.15, 0.2) is 0 Å². The lowest BCUT2D eigenvalue weighted by atomic mass is 9.94. The van der Waals surface area contributed by atoms with Crippen molar-refractivity contribution < 1.29 is 13.2 Å². The molecule has 0 unspecified atom stereocenters. The summed E-state index contributed by atoms with van der Waals surface area (Å²) in [5.74, 6) is 0.00683. The van der Waals surface area contributed by atoms with Gasteiger partial charge in [-0.3, -0.25) is 0 Å². The second kappa shape index (κ2) is 6.35. The van der Waals surface area contributed by atoms with Crippen LogP contribution in [0.2, 0.25) is 0 Å². The molecule has 1 aliphatic rings. The zero-order valence-corrected chi connectivity index (χ0v) is 13.2. The Morgan fingerprint density at radius 3 is 2.68 bits per heavy atom. The van der Waals surface area contributed by atoms with E-state index in [-0.39, 0.29) is 11.2 Å². The van der Waals surface area contributed by atoms with Gasteiger partial charge in [-0.1, -0.05) is 28.1 Å². The Labute approximate surface area is 122 Å². The van der Waals surface area contributed by atoms with Crippen molar-refractivity contribution in [2.45, 2.75) is 18.1 Å². The van der Waals surface area contributed by atoms with Crippen LogP contribution in [0.5, 0.6) is 0 Å². The first-order chi connectivity index (χ1) is 9.03. The molecule has 0 radical (unpaired) electrons. The van der Waals surface area contributed by atoms with Crippen molar-refractivity contribution in [2.24, 2.45) is 5.92 Å². The van der Waals surface area contributed by atoms with E-state index >= 15 is 0 Å². The lowest BCUT2D eigenvalue weighted by Crippen LogP contribution is -2.43. The highest BCUT2D eigenvalue weighted by Crippen LogP contribution is 2.25. The summed E-state index contributed by atoms with van der Waals surface area (Å²) in [4.78, 5) is 0. The van der Waals surface area contributed by atoms with Gasteiger partial charge in [-0.2, -0.15) is 0 Å². The van der Waals surface area contributed by atoms with Crippen LogP contribution in [-0.4, -0.2) is 33.9 Å². The van der Waals surface area contributed by atoms with Crippen LogP contribution in [0, 0.1) is 5.92 Å². The Morgan fingerprint density at radius 2 is 2.05 bits per heavy atom. The number of halogens is 1. The second-order valence-corrected chi connectivity index (χ2v) is 7.76. The molecule has 6 heteroatoms. The molecule has 4 nitrogen and oxygen atoms in total. The van der Waals surface area contributed by atoms with Crippen molar-refractivity contribution in [3.05, 3.63) is 34.3 Å². The molecule has 1 heterocycles. The molecule has 1 N–H and O–H groups in total. The molecule has 1 aromatic rings. The van der Waals surface area contributed by atoms with E-state index in [0.29, 0.717) is 19.6 Å². The SMILES string of the molecule is CNS(=O)(=O)[C@@H]1CCOC[C@H]1Cc1ccc(Br)cc1. The Bertz CT molecular complexity index is 515. The molecular weight excluding hydrogens is 330 g/mol. The number of sulfonamides is 1. The quantitative estimate of drug-likeness (QED) is 0.905. The first kappa shape index (κ1) is 15.0. The topological polar surface area (TPSA) is 55.4 Å². The summed E-state index contributed by atoms with van der Waals surface area (Å²) in [5.41, 5.74) is 1.13. The zero-order valence-electron chi connectivity index (χ0n) is 10.8. The minimum absolute atomic E-state index is 0.00683. The number of rotatable bonds is 4. The van der Waals surface area contributed by atoms with Gasteiger partial charge in [-0.15, -0.1) is 0 Å². The van der Waals surface area contributed by atoms with Crippen molar-refractivity contribution in [2.75, 3.05) is 20.3 Å². The number of nitrogens with one attached hydrogen (secondary N) is 1. The van der Waals surface area contributed by atoms with E-state index in [9.17, 15) is 8.42 Å². The fourth-order valence-corrected chi connectivity index (χ4v) is 4.11. The standard InChI is InChI=1S/C13H18BrNO3S/c1-15-19(16,17)13-6-7-18-9-11(13)8-10-2-4-12(14)5-3-10/h2-5,11,13,15H,6-9H2,1H3/t11-,13-/m1/s1. The number of hydrogen-bond donors (Lipinski definition) is 1. The van der Waals surface area contributed by atoms with Gasteiger partial charge in [0.25, 0.3) is 0 Å². The fourth-order valence-electron chi connectivity index (χ4n) is 2.45. The maximum atomic E-state index is 12.0. The third kappa shape index (κ3) is 3.78. The lowest BCUT2D eigenvalue weighted by Gasteiger charge is -2.31. The second-order valence-electron chi connectivity index (χ2n) is 4.74. The highest BCUT2D eigenvalue weighted by atomic mass is 79.9. The zero-order chi connectivity index (χ0) is 13.9. The number of benzene rings is 1. The minimum atomic E-state index is -3.24. The van der Waals surface area contributed by atoms with Gasteiger partial charge in [0.1, 0.15) is 0 Å². The highest BCUT2D eigenvalue weighted by Gasteiger charge is 2.35. The maximum Gasteiger partial charge on any atom is 0.214 e. The molecule has 0 aliphatic carbocycles. The Morgan fingerprint density at radius 1 is 1.37 bits per heavy atom.